The van der Waals surface area contributed by atoms with Crippen molar-refractivity contribution in [3.05, 3.63) is 39.9 Å². The summed E-state index contributed by atoms with van der Waals surface area (Å²) in [6, 6.07) is 5.78. The van der Waals surface area contributed by atoms with Crippen molar-refractivity contribution in [3.8, 4) is 5.75 Å². The number of thiazole rings is 1. The van der Waals surface area contributed by atoms with Crippen LogP contribution in [0.3, 0.4) is 0 Å². The van der Waals surface area contributed by atoms with E-state index >= 15 is 0 Å². The summed E-state index contributed by atoms with van der Waals surface area (Å²) in [5.41, 5.74) is 6.90. The Morgan fingerprint density at radius 2 is 2.32 bits per heavy atom. The van der Waals surface area contributed by atoms with E-state index in [-0.39, 0.29) is 24.2 Å². The van der Waals surface area contributed by atoms with Gasteiger partial charge in [-0.05, 0) is 17.7 Å². The van der Waals surface area contributed by atoms with Crippen LogP contribution in [0.4, 0.5) is 0 Å². The number of nitrogens with zero attached hydrogens (tertiary/aromatic N) is 2. The molecule has 1 fully saturated rings. The van der Waals surface area contributed by atoms with E-state index in [0.29, 0.717) is 29.6 Å². The van der Waals surface area contributed by atoms with Crippen molar-refractivity contribution in [2.75, 3.05) is 39.1 Å². The average molecular weight is 485 g/mol. The van der Waals surface area contributed by atoms with E-state index in [1.165, 1.54) is 23.1 Å². The lowest BCUT2D eigenvalue weighted by atomic mass is 10.1. The fourth-order valence-electron chi connectivity index (χ4n) is 3.13. The zero-order valence-corrected chi connectivity index (χ0v) is 19.5. The van der Waals surface area contributed by atoms with Crippen LogP contribution < -0.4 is 15.8 Å². The largest absolute Gasteiger partial charge is 0.495 e. The van der Waals surface area contributed by atoms with Gasteiger partial charge in [0.15, 0.2) is 4.34 Å². The summed E-state index contributed by atoms with van der Waals surface area (Å²) in [5, 5.41) is 5.30. The molecule has 0 bridgehead atoms. The van der Waals surface area contributed by atoms with Gasteiger partial charge in [-0.2, -0.15) is 0 Å². The molecule has 1 aliphatic heterocycles. The minimum Gasteiger partial charge on any atom is -0.495 e. The highest BCUT2D eigenvalue weighted by atomic mass is 35.5. The number of nitrogens with two attached hydrogens (primary N) is 1. The number of aromatic nitrogens is 1. The maximum Gasteiger partial charge on any atom is 0.230 e. The zero-order chi connectivity index (χ0) is 22.2. The van der Waals surface area contributed by atoms with Crippen LogP contribution in [0.1, 0.15) is 11.3 Å². The quantitative estimate of drug-likeness (QED) is 0.496. The summed E-state index contributed by atoms with van der Waals surface area (Å²) in [6.07, 6.45) is 0.0417. The van der Waals surface area contributed by atoms with Crippen molar-refractivity contribution in [2.45, 2.75) is 23.4 Å². The topological polar surface area (TPSA) is 107 Å². The number of carbonyl (C=O) groups excluding carboxylic acids is 2. The van der Waals surface area contributed by atoms with Gasteiger partial charge in [0.25, 0.3) is 0 Å². The third-order valence-corrected chi connectivity index (χ3v) is 6.95. The lowest BCUT2D eigenvalue weighted by molar-refractivity contribution is -0.120. The number of primary amides is 1. The number of morpholine rings is 1. The van der Waals surface area contributed by atoms with E-state index in [1.807, 2.05) is 18.2 Å². The molecule has 8 nitrogen and oxygen atoms in total. The van der Waals surface area contributed by atoms with Crippen molar-refractivity contribution in [1.82, 2.24) is 15.2 Å². The Morgan fingerprint density at radius 1 is 1.48 bits per heavy atom. The summed E-state index contributed by atoms with van der Waals surface area (Å²) in [6.45, 7) is 3.36. The SMILES string of the molecule is COc1ccc(CN2CCOC(CNC(=O)CSc3nc(CC(N)=O)cs3)C2)cc1Cl. The average Bonchev–Trinajstić information content (AvgIpc) is 3.18. The molecule has 2 amide bonds. The highest BCUT2D eigenvalue weighted by molar-refractivity contribution is 8.01. The smallest absolute Gasteiger partial charge is 0.230 e. The maximum absolute atomic E-state index is 12.2. The summed E-state index contributed by atoms with van der Waals surface area (Å²) in [4.78, 5) is 29.7. The van der Waals surface area contributed by atoms with Gasteiger partial charge in [0, 0.05) is 31.6 Å². The Morgan fingerprint density at radius 3 is 3.06 bits per heavy atom. The van der Waals surface area contributed by atoms with Gasteiger partial charge < -0.3 is 20.5 Å². The molecule has 0 aliphatic carbocycles. The number of benzene rings is 1. The second-order valence-electron chi connectivity index (χ2n) is 7.04. The minimum absolute atomic E-state index is 0.0709. The van der Waals surface area contributed by atoms with Crippen molar-refractivity contribution in [2.24, 2.45) is 5.73 Å². The van der Waals surface area contributed by atoms with E-state index in [2.05, 4.69) is 15.2 Å². The molecule has 1 aliphatic rings. The molecule has 3 N–H and O–H groups in total. The fraction of sp³-hybridized carbons (Fsp3) is 0.450. The number of ether oxygens (including phenoxy) is 2. The molecule has 0 radical (unpaired) electrons. The van der Waals surface area contributed by atoms with E-state index in [1.54, 1.807) is 12.5 Å². The van der Waals surface area contributed by atoms with Crippen molar-refractivity contribution < 1.29 is 19.1 Å². The Hall–Kier alpha value is -1.85. The van der Waals surface area contributed by atoms with Gasteiger partial charge >= 0.3 is 0 Å². The molecule has 1 atom stereocenters. The van der Waals surface area contributed by atoms with E-state index in [9.17, 15) is 9.59 Å². The first-order valence-electron chi connectivity index (χ1n) is 9.71. The summed E-state index contributed by atoms with van der Waals surface area (Å²) < 4.78 is 11.7. The predicted octanol–water partition coefficient (Wildman–Crippen LogP) is 1.94. The molecule has 168 valence electrons. The summed E-state index contributed by atoms with van der Waals surface area (Å²) in [5.74, 6) is 0.410. The fourth-order valence-corrected chi connectivity index (χ4v) is 5.09. The predicted molar refractivity (Wildman–Crippen MR) is 122 cm³/mol. The van der Waals surface area contributed by atoms with Gasteiger partial charge in [0.2, 0.25) is 11.8 Å². The number of amides is 2. The number of methoxy groups -OCH3 is 1. The number of nitrogens with one attached hydrogen (secondary N) is 1. The van der Waals surface area contributed by atoms with Crippen molar-refractivity contribution >= 4 is 46.5 Å². The van der Waals surface area contributed by atoms with Gasteiger partial charge in [-0.25, -0.2) is 4.98 Å². The Kier molecular flexibility index (Phi) is 8.97. The Balaban J connectivity index is 1.40. The number of carbonyl (C=O) groups is 2. The van der Waals surface area contributed by atoms with Crippen LogP contribution in [0.5, 0.6) is 5.75 Å². The highest BCUT2D eigenvalue weighted by Crippen LogP contribution is 2.26. The number of hydrogen-bond donors (Lipinski definition) is 2. The first-order valence-corrected chi connectivity index (χ1v) is 12.0. The first kappa shape index (κ1) is 23.8. The summed E-state index contributed by atoms with van der Waals surface area (Å²) >= 11 is 8.95. The molecule has 31 heavy (non-hydrogen) atoms. The molecule has 0 saturated carbocycles. The highest BCUT2D eigenvalue weighted by Gasteiger charge is 2.21. The number of hydrogen-bond acceptors (Lipinski definition) is 8. The molecule has 11 heteroatoms. The van der Waals surface area contributed by atoms with Gasteiger partial charge in [-0.1, -0.05) is 29.4 Å². The third-order valence-electron chi connectivity index (χ3n) is 4.58. The van der Waals surface area contributed by atoms with Crippen LogP contribution in [-0.2, 0) is 27.3 Å². The van der Waals surface area contributed by atoms with Crippen molar-refractivity contribution in [1.29, 1.82) is 0 Å². The number of halogens is 1. The zero-order valence-electron chi connectivity index (χ0n) is 17.1. The lowest BCUT2D eigenvalue weighted by Gasteiger charge is -2.33. The minimum atomic E-state index is -0.420. The molecule has 1 aromatic carbocycles. The van der Waals surface area contributed by atoms with Gasteiger partial charge in [-0.3, -0.25) is 14.5 Å². The van der Waals surface area contributed by atoms with E-state index in [4.69, 9.17) is 26.8 Å². The van der Waals surface area contributed by atoms with Crippen LogP contribution in [-0.4, -0.2) is 66.9 Å². The Labute approximate surface area is 194 Å². The van der Waals surface area contributed by atoms with Crippen LogP contribution in [0.25, 0.3) is 0 Å². The van der Waals surface area contributed by atoms with Gasteiger partial charge in [0.1, 0.15) is 5.75 Å². The molecule has 2 heterocycles. The monoisotopic (exact) mass is 484 g/mol. The molecular formula is C20H25ClN4O4S2. The molecule has 1 aromatic heterocycles. The molecule has 3 rings (SSSR count). The lowest BCUT2D eigenvalue weighted by Crippen LogP contribution is -2.47. The van der Waals surface area contributed by atoms with E-state index < -0.39 is 5.91 Å². The third kappa shape index (κ3) is 7.65. The first-order chi connectivity index (χ1) is 14.9. The second kappa shape index (κ2) is 11.7. The normalized spacial score (nSPS) is 16.8. The van der Waals surface area contributed by atoms with Crippen LogP contribution in [0.2, 0.25) is 5.02 Å². The van der Waals surface area contributed by atoms with Crippen LogP contribution >= 0.6 is 34.7 Å². The van der Waals surface area contributed by atoms with E-state index in [0.717, 1.165) is 29.5 Å². The molecule has 1 saturated heterocycles. The molecule has 1 unspecified atom stereocenters. The van der Waals surface area contributed by atoms with Crippen molar-refractivity contribution in [3.63, 3.8) is 0 Å². The molecule has 0 spiro atoms. The molecule has 2 aromatic rings. The van der Waals surface area contributed by atoms with Gasteiger partial charge in [0.05, 0.1) is 42.7 Å². The standard InChI is InChI=1S/C20H25ClN4O4S2/c1-28-17-3-2-13(6-16(17)21)9-25-4-5-29-15(10-25)8-23-19(27)12-31-20-24-14(11-30-20)7-18(22)26/h2-3,6,11,15H,4-5,7-10,12H2,1H3,(H2,22,26)(H,23,27). The maximum atomic E-state index is 12.2. The summed E-state index contributed by atoms with van der Waals surface area (Å²) in [7, 11) is 1.60. The molecular weight excluding hydrogens is 460 g/mol. The number of rotatable bonds is 10. The second-order valence-corrected chi connectivity index (χ2v) is 9.53. The van der Waals surface area contributed by atoms with Crippen LogP contribution in [0.15, 0.2) is 27.9 Å². The Bertz CT molecular complexity index is 911. The number of thioether (sulfide) groups is 1. The van der Waals surface area contributed by atoms with Crippen LogP contribution in [0, 0.1) is 0 Å². The van der Waals surface area contributed by atoms with Gasteiger partial charge in [-0.15, -0.1) is 11.3 Å².